The average Bonchev–Trinajstić information content (AvgIpc) is 2.19. The predicted octanol–water partition coefficient (Wildman–Crippen LogP) is 2.97. The number of benzene rings is 1. The third-order valence-electron chi connectivity index (χ3n) is 3.02. The molecule has 1 nitrogen and oxygen atoms in total. The van der Waals surface area contributed by atoms with Gasteiger partial charge >= 0.3 is 0 Å². The van der Waals surface area contributed by atoms with Gasteiger partial charge in [-0.15, -0.1) is 12.4 Å². The summed E-state index contributed by atoms with van der Waals surface area (Å²) in [5.41, 5.74) is 0.842. The summed E-state index contributed by atoms with van der Waals surface area (Å²) in [5.74, 6) is 0. The number of nitrogens with one attached hydrogen (secondary N) is 1. The van der Waals surface area contributed by atoms with E-state index in [4.69, 9.17) is 0 Å². The Morgan fingerprint density at radius 3 is 2.40 bits per heavy atom. The van der Waals surface area contributed by atoms with Crippen molar-refractivity contribution in [3.05, 3.63) is 35.4 Å². The van der Waals surface area contributed by atoms with Crippen molar-refractivity contribution in [1.29, 1.82) is 0 Å². The van der Waals surface area contributed by atoms with Gasteiger partial charge in [0, 0.05) is 0 Å². The maximum atomic E-state index is 14.5. The first-order valence-electron chi connectivity index (χ1n) is 5.18. The van der Waals surface area contributed by atoms with E-state index in [1.807, 2.05) is 31.2 Å². The zero-order valence-corrected chi connectivity index (χ0v) is 9.74. The molecular weight excluding hydrogens is 213 g/mol. The molecule has 0 radical (unpaired) electrons. The van der Waals surface area contributed by atoms with Gasteiger partial charge in [-0.3, -0.25) is 0 Å². The van der Waals surface area contributed by atoms with Crippen molar-refractivity contribution in [3.8, 4) is 0 Å². The van der Waals surface area contributed by atoms with E-state index < -0.39 is 5.67 Å². The maximum absolute atomic E-state index is 14.5. The standard InChI is InChI=1S/C12H16FN.ClH/c1-10-4-2-3-5-11(10)12(13)6-8-14-9-7-12;/h2-5,14H,6-9H2,1H3;1H. The van der Waals surface area contributed by atoms with Crippen LogP contribution in [0.3, 0.4) is 0 Å². The second-order valence-corrected chi connectivity index (χ2v) is 4.03. The van der Waals surface area contributed by atoms with Gasteiger partial charge in [0.1, 0.15) is 5.67 Å². The smallest absolute Gasteiger partial charge is 0.138 e. The van der Waals surface area contributed by atoms with Gasteiger partial charge in [0.2, 0.25) is 0 Å². The van der Waals surface area contributed by atoms with Crippen LogP contribution < -0.4 is 5.32 Å². The lowest BCUT2D eigenvalue weighted by molar-refractivity contribution is 0.114. The van der Waals surface area contributed by atoms with Crippen LogP contribution in [0.2, 0.25) is 0 Å². The number of halogens is 2. The third kappa shape index (κ3) is 2.50. The Bertz CT molecular complexity index is 321. The fourth-order valence-electron chi connectivity index (χ4n) is 2.17. The van der Waals surface area contributed by atoms with E-state index in [0.29, 0.717) is 12.8 Å². The van der Waals surface area contributed by atoms with Gasteiger partial charge in [0.25, 0.3) is 0 Å². The van der Waals surface area contributed by atoms with Crippen LogP contribution in [0.15, 0.2) is 24.3 Å². The second-order valence-electron chi connectivity index (χ2n) is 4.03. The van der Waals surface area contributed by atoms with Crippen LogP contribution in [0, 0.1) is 6.92 Å². The van der Waals surface area contributed by atoms with Crippen molar-refractivity contribution in [2.75, 3.05) is 13.1 Å². The van der Waals surface area contributed by atoms with E-state index >= 15 is 0 Å². The zero-order chi connectivity index (χ0) is 10.0. The number of rotatable bonds is 1. The molecule has 1 aliphatic rings. The molecule has 1 aromatic rings. The summed E-state index contributed by atoms with van der Waals surface area (Å²) in [4.78, 5) is 0. The summed E-state index contributed by atoms with van der Waals surface area (Å²) in [6.07, 6.45) is 1.19. The van der Waals surface area contributed by atoms with Crippen LogP contribution in [0.25, 0.3) is 0 Å². The summed E-state index contributed by atoms with van der Waals surface area (Å²) in [6.45, 7) is 3.55. The Morgan fingerprint density at radius 2 is 1.80 bits per heavy atom. The Hall–Kier alpha value is -0.600. The molecule has 1 aliphatic heterocycles. The van der Waals surface area contributed by atoms with E-state index in [1.165, 1.54) is 0 Å². The first kappa shape index (κ1) is 12.5. The molecule has 0 atom stereocenters. The first-order valence-corrected chi connectivity index (χ1v) is 5.18. The molecule has 3 heteroatoms. The van der Waals surface area contributed by atoms with E-state index in [9.17, 15) is 4.39 Å². The fraction of sp³-hybridized carbons (Fsp3) is 0.500. The highest BCUT2D eigenvalue weighted by molar-refractivity contribution is 5.85. The van der Waals surface area contributed by atoms with E-state index in [0.717, 1.165) is 24.2 Å². The number of piperidine rings is 1. The normalized spacial score (nSPS) is 19.3. The molecule has 0 spiro atoms. The van der Waals surface area contributed by atoms with Crippen molar-refractivity contribution in [2.24, 2.45) is 0 Å². The number of alkyl halides is 1. The van der Waals surface area contributed by atoms with Gasteiger partial charge < -0.3 is 5.32 Å². The highest BCUT2D eigenvalue weighted by atomic mass is 35.5. The van der Waals surface area contributed by atoms with Crippen molar-refractivity contribution in [2.45, 2.75) is 25.4 Å². The second kappa shape index (κ2) is 4.95. The molecule has 1 heterocycles. The van der Waals surface area contributed by atoms with Gasteiger partial charge in [-0.1, -0.05) is 24.3 Å². The topological polar surface area (TPSA) is 12.0 Å². The Balaban J connectivity index is 0.00000112. The minimum Gasteiger partial charge on any atom is -0.316 e. The highest BCUT2D eigenvalue weighted by Crippen LogP contribution is 2.36. The Morgan fingerprint density at radius 1 is 1.20 bits per heavy atom. The molecule has 1 aromatic carbocycles. The SMILES string of the molecule is Cc1ccccc1C1(F)CCNCC1.Cl. The van der Waals surface area contributed by atoms with Crippen molar-refractivity contribution >= 4 is 12.4 Å². The van der Waals surface area contributed by atoms with Gasteiger partial charge in [0.15, 0.2) is 0 Å². The number of hydrogen-bond acceptors (Lipinski definition) is 1. The van der Waals surface area contributed by atoms with Gasteiger partial charge in [0.05, 0.1) is 0 Å². The van der Waals surface area contributed by atoms with Crippen LogP contribution in [0.4, 0.5) is 4.39 Å². The molecule has 0 amide bonds. The Labute approximate surface area is 96.5 Å². The molecule has 0 bridgehead atoms. The van der Waals surface area contributed by atoms with Crippen LogP contribution in [0.5, 0.6) is 0 Å². The van der Waals surface area contributed by atoms with Crippen molar-refractivity contribution < 1.29 is 4.39 Å². The molecule has 0 unspecified atom stereocenters. The summed E-state index contributed by atoms with van der Waals surface area (Å²) in [7, 11) is 0. The molecule has 0 aromatic heterocycles. The summed E-state index contributed by atoms with van der Waals surface area (Å²) in [5, 5.41) is 3.19. The molecule has 15 heavy (non-hydrogen) atoms. The molecule has 84 valence electrons. The zero-order valence-electron chi connectivity index (χ0n) is 8.92. The minimum absolute atomic E-state index is 0. The summed E-state index contributed by atoms with van der Waals surface area (Å²) in [6, 6.07) is 7.79. The van der Waals surface area contributed by atoms with Crippen LogP contribution >= 0.6 is 12.4 Å². The Kier molecular flexibility index (Phi) is 4.12. The quantitative estimate of drug-likeness (QED) is 0.781. The molecule has 1 N–H and O–H groups in total. The number of hydrogen-bond donors (Lipinski definition) is 1. The molecule has 1 fully saturated rings. The van der Waals surface area contributed by atoms with Crippen molar-refractivity contribution in [1.82, 2.24) is 5.32 Å². The van der Waals surface area contributed by atoms with Crippen LogP contribution in [-0.2, 0) is 5.67 Å². The minimum atomic E-state index is -1.10. The lowest BCUT2D eigenvalue weighted by atomic mass is 9.84. The molecule has 0 aliphatic carbocycles. The van der Waals surface area contributed by atoms with Crippen LogP contribution in [-0.4, -0.2) is 13.1 Å². The van der Waals surface area contributed by atoms with E-state index in [2.05, 4.69) is 5.32 Å². The van der Waals surface area contributed by atoms with Gasteiger partial charge in [-0.25, -0.2) is 4.39 Å². The summed E-state index contributed by atoms with van der Waals surface area (Å²) < 4.78 is 14.5. The molecule has 0 saturated carbocycles. The monoisotopic (exact) mass is 229 g/mol. The lowest BCUT2D eigenvalue weighted by Gasteiger charge is -2.31. The summed E-state index contributed by atoms with van der Waals surface area (Å²) >= 11 is 0. The van der Waals surface area contributed by atoms with E-state index in [1.54, 1.807) is 0 Å². The van der Waals surface area contributed by atoms with Gasteiger partial charge in [-0.05, 0) is 44.0 Å². The highest BCUT2D eigenvalue weighted by Gasteiger charge is 2.34. The first-order chi connectivity index (χ1) is 6.72. The average molecular weight is 230 g/mol. The lowest BCUT2D eigenvalue weighted by Crippen LogP contribution is -2.37. The third-order valence-corrected chi connectivity index (χ3v) is 3.02. The number of aryl methyl sites for hydroxylation is 1. The molecular formula is C12H17ClFN. The predicted molar refractivity (Wildman–Crippen MR) is 63.3 cm³/mol. The van der Waals surface area contributed by atoms with Gasteiger partial charge in [-0.2, -0.15) is 0 Å². The maximum Gasteiger partial charge on any atom is 0.138 e. The molecule has 2 rings (SSSR count). The molecule has 1 saturated heterocycles. The van der Waals surface area contributed by atoms with Crippen LogP contribution in [0.1, 0.15) is 24.0 Å². The largest absolute Gasteiger partial charge is 0.316 e. The van der Waals surface area contributed by atoms with Crippen molar-refractivity contribution in [3.63, 3.8) is 0 Å². The van der Waals surface area contributed by atoms with E-state index in [-0.39, 0.29) is 12.4 Å². The fourth-order valence-corrected chi connectivity index (χ4v) is 2.17.